The molecular weight excluding hydrogens is 735 g/mol. The zero-order valence-electron chi connectivity index (χ0n) is 31.8. The molecule has 15 heteroatoms. The number of ether oxygens (including phenoxy) is 1. The number of thiazole rings is 1. The van der Waals surface area contributed by atoms with Crippen molar-refractivity contribution in [1.82, 2.24) is 20.1 Å². The lowest BCUT2D eigenvalue weighted by atomic mass is 10.0. The number of amides is 6. The maximum absolute atomic E-state index is 13.3. The van der Waals surface area contributed by atoms with Crippen LogP contribution in [0.1, 0.15) is 68.8 Å². The number of nitrogens with one attached hydrogen (secondary N) is 4. The quantitative estimate of drug-likeness (QED) is 0.0876. The Kier molecular flexibility index (Phi) is 12.6. The average molecular weight is 780 g/mol. The van der Waals surface area contributed by atoms with E-state index in [4.69, 9.17) is 9.72 Å². The fourth-order valence-electron chi connectivity index (χ4n) is 6.72. The number of aryl methyl sites for hydroxylation is 2. The number of piperidine rings is 1. The number of likely N-dealkylation sites (N-methyl/N-ethyl adjacent to an activating group) is 1. The summed E-state index contributed by atoms with van der Waals surface area (Å²) < 4.78 is 5.98. The van der Waals surface area contributed by atoms with Crippen LogP contribution in [-0.4, -0.2) is 90.1 Å². The number of hydrogen-bond acceptors (Lipinski definition) is 11. The highest BCUT2D eigenvalue weighted by molar-refractivity contribution is 7.16. The third kappa shape index (κ3) is 9.47. The second-order valence-corrected chi connectivity index (χ2v) is 15.3. The second-order valence-electron chi connectivity index (χ2n) is 14.1. The first kappa shape index (κ1) is 39.8. The lowest BCUT2D eigenvalue weighted by Crippen LogP contribution is -2.54. The summed E-state index contributed by atoms with van der Waals surface area (Å²) in [7, 11) is 3.69. The zero-order chi connectivity index (χ0) is 39.9. The van der Waals surface area contributed by atoms with Gasteiger partial charge in [-0.15, -0.1) is 11.3 Å². The summed E-state index contributed by atoms with van der Waals surface area (Å²) in [6.45, 7) is 5.23. The molecule has 2 aliphatic rings. The summed E-state index contributed by atoms with van der Waals surface area (Å²) in [5.41, 5.74) is 5.15. The molecule has 1 fully saturated rings. The predicted molar refractivity (Wildman–Crippen MR) is 214 cm³/mol. The lowest BCUT2D eigenvalue weighted by Gasteiger charge is -2.27. The summed E-state index contributed by atoms with van der Waals surface area (Å²) in [5, 5.41) is 11.9. The number of rotatable bonds is 16. The van der Waals surface area contributed by atoms with Crippen molar-refractivity contribution in [2.75, 3.05) is 49.7 Å². The SMILES string of the molecule is Cc1cc(-c2nc(NC(=O)Cc3cccc(OCCCCCNc4cccc5c4C(=O)N(C4CCC(=O)NC4=O)C5=O)c3)sc2C)ccc1NC(=O)CN(C)C. The van der Waals surface area contributed by atoms with Gasteiger partial charge in [-0.05, 0) is 101 Å². The van der Waals surface area contributed by atoms with E-state index < -0.39 is 29.7 Å². The van der Waals surface area contributed by atoms with E-state index >= 15 is 0 Å². The molecule has 1 unspecified atom stereocenters. The van der Waals surface area contributed by atoms with E-state index in [1.54, 1.807) is 18.2 Å². The molecule has 1 atom stereocenters. The lowest BCUT2D eigenvalue weighted by molar-refractivity contribution is -0.136. The first-order chi connectivity index (χ1) is 26.9. The Morgan fingerprint density at radius 2 is 1.73 bits per heavy atom. The Balaban J connectivity index is 0.932. The molecule has 1 aromatic heterocycles. The van der Waals surface area contributed by atoms with Crippen LogP contribution < -0.4 is 26.0 Å². The Bertz CT molecular complexity index is 2180. The van der Waals surface area contributed by atoms with Gasteiger partial charge in [-0.1, -0.05) is 24.3 Å². The first-order valence-electron chi connectivity index (χ1n) is 18.5. The van der Waals surface area contributed by atoms with Gasteiger partial charge in [0.2, 0.25) is 23.6 Å². The number of carbonyl (C=O) groups is 6. The Morgan fingerprint density at radius 3 is 2.50 bits per heavy atom. The molecule has 0 radical (unpaired) electrons. The van der Waals surface area contributed by atoms with Crippen molar-refractivity contribution >= 4 is 63.3 Å². The number of benzene rings is 3. The maximum Gasteiger partial charge on any atom is 0.264 e. The number of unbranched alkanes of at least 4 members (excludes halogenated alkanes) is 2. The molecule has 2 aliphatic heterocycles. The highest BCUT2D eigenvalue weighted by Crippen LogP contribution is 2.34. The van der Waals surface area contributed by atoms with Gasteiger partial charge in [-0.3, -0.25) is 39.0 Å². The van der Waals surface area contributed by atoms with Crippen molar-refractivity contribution in [2.24, 2.45) is 0 Å². The van der Waals surface area contributed by atoms with E-state index in [1.165, 1.54) is 11.3 Å². The van der Waals surface area contributed by atoms with Crippen molar-refractivity contribution in [1.29, 1.82) is 0 Å². The van der Waals surface area contributed by atoms with Gasteiger partial charge in [0.1, 0.15) is 11.8 Å². The second kappa shape index (κ2) is 17.7. The molecule has 14 nitrogen and oxygen atoms in total. The highest BCUT2D eigenvalue weighted by Gasteiger charge is 2.45. The van der Waals surface area contributed by atoms with Gasteiger partial charge >= 0.3 is 0 Å². The summed E-state index contributed by atoms with van der Waals surface area (Å²) in [6, 6.07) is 17.2. The molecule has 0 bridgehead atoms. The van der Waals surface area contributed by atoms with Crippen molar-refractivity contribution in [3.63, 3.8) is 0 Å². The molecule has 3 aromatic carbocycles. The number of nitrogens with zero attached hydrogens (tertiary/aromatic N) is 3. The van der Waals surface area contributed by atoms with Gasteiger partial charge in [0.05, 0.1) is 36.4 Å². The smallest absolute Gasteiger partial charge is 0.264 e. The summed E-state index contributed by atoms with van der Waals surface area (Å²) >= 11 is 1.41. The van der Waals surface area contributed by atoms with Crippen LogP contribution in [0.3, 0.4) is 0 Å². The number of fused-ring (bicyclic) bond motifs is 1. The van der Waals surface area contributed by atoms with Gasteiger partial charge in [0, 0.05) is 34.8 Å². The van der Waals surface area contributed by atoms with Crippen LogP contribution in [0.4, 0.5) is 16.5 Å². The Hall–Kier alpha value is -5.93. The standard InChI is InChI=1S/C41H45N7O7S/c1-24-20-27(14-15-30(24)43-35(51)23-47(3)4)37-25(2)56-41(46-37)45-34(50)22-26-10-8-11-28(21-26)55-19-7-5-6-18-42-31-13-9-12-29-36(31)40(54)48(39(29)53)32-16-17-33(49)44-38(32)52/h8-15,20-21,32,42H,5-7,16-19,22-23H2,1-4H3,(H,43,51)(H,44,49,52)(H,45,46,50). The van der Waals surface area contributed by atoms with Gasteiger partial charge in [0.15, 0.2) is 5.13 Å². The normalized spacial score (nSPS) is 15.2. The molecular formula is C41H45N7O7S. The molecule has 292 valence electrons. The van der Waals surface area contributed by atoms with E-state index in [0.717, 1.165) is 57.1 Å². The summed E-state index contributed by atoms with van der Waals surface area (Å²) in [6.07, 6.45) is 2.72. The highest BCUT2D eigenvalue weighted by atomic mass is 32.1. The maximum atomic E-state index is 13.3. The van der Waals surface area contributed by atoms with Gasteiger partial charge in [0.25, 0.3) is 11.8 Å². The van der Waals surface area contributed by atoms with E-state index in [0.29, 0.717) is 36.3 Å². The average Bonchev–Trinajstić information content (AvgIpc) is 3.63. The number of aromatic nitrogens is 1. The minimum Gasteiger partial charge on any atom is -0.494 e. The Labute approximate surface area is 329 Å². The van der Waals surface area contributed by atoms with Crippen molar-refractivity contribution in [2.45, 2.75) is 58.4 Å². The molecule has 0 spiro atoms. The third-order valence-corrected chi connectivity index (χ3v) is 10.3. The van der Waals surface area contributed by atoms with E-state index in [1.807, 2.05) is 75.3 Å². The fourth-order valence-corrected chi connectivity index (χ4v) is 7.57. The van der Waals surface area contributed by atoms with Gasteiger partial charge in [-0.2, -0.15) is 0 Å². The molecule has 0 aliphatic carbocycles. The fraction of sp³-hybridized carbons (Fsp3) is 0.341. The number of anilines is 3. The largest absolute Gasteiger partial charge is 0.494 e. The predicted octanol–water partition coefficient (Wildman–Crippen LogP) is 5.17. The van der Waals surface area contributed by atoms with Crippen LogP contribution >= 0.6 is 11.3 Å². The van der Waals surface area contributed by atoms with E-state index in [9.17, 15) is 28.8 Å². The van der Waals surface area contributed by atoms with E-state index in [-0.39, 0.29) is 42.2 Å². The molecule has 3 heterocycles. The van der Waals surface area contributed by atoms with Crippen molar-refractivity contribution in [3.8, 4) is 17.0 Å². The topological polar surface area (TPSA) is 179 Å². The zero-order valence-corrected chi connectivity index (χ0v) is 32.6. The van der Waals surface area contributed by atoms with Crippen LogP contribution in [0, 0.1) is 13.8 Å². The van der Waals surface area contributed by atoms with Crippen LogP contribution in [-0.2, 0) is 25.6 Å². The minimum absolute atomic E-state index is 0.0660. The summed E-state index contributed by atoms with van der Waals surface area (Å²) in [5.74, 6) is -1.74. The molecule has 6 rings (SSSR count). The van der Waals surface area contributed by atoms with Crippen molar-refractivity contribution < 1.29 is 33.5 Å². The number of carbonyl (C=O) groups excluding carboxylic acids is 6. The van der Waals surface area contributed by atoms with Gasteiger partial charge < -0.3 is 25.6 Å². The molecule has 0 saturated carbocycles. The number of hydrogen-bond donors (Lipinski definition) is 4. The van der Waals surface area contributed by atoms with E-state index in [2.05, 4.69) is 21.3 Å². The van der Waals surface area contributed by atoms with Gasteiger partial charge in [-0.25, -0.2) is 4.98 Å². The van der Waals surface area contributed by atoms with Crippen LogP contribution in [0.2, 0.25) is 0 Å². The first-order valence-corrected chi connectivity index (χ1v) is 19.3. The molecule has 56 heavy (non-hydrogen) atoms. The van der Waals surface area contributed by atoms with Crippen LogP contribution in [0.25, 0.3) is 11.3 Å². The third-order valence-electron chi connectivity index (χ3n) is 9.41. The molecule has 4 aromatic rings. The minimum atomic E-state index is -1.01. The molecule has 6 amide bonds. The van der Waals surface area contributed by atoms with Crippen LogP contribution in [0.15, 0.2) is 60.7 Å². The molecule has 4 N–H and O–H groups in total. The van der Waals surface area contributed by atoms with Crippen LogP contribution in [0.5, 0.6) is 5.75 Å². The molecule has 1 saturated heterocycles. The van der Waals surface area contributed by atoms with Crippen molar-refractivity contribution in [3.05, 3.63) is 87.8 Å². The Morgan fingerprint density at radius 1 is 0.929 bits per heavy atom. The summed E-state index contributed by atoms with van der Waals surface area (Å²) in [4.78, 5) is 84.0. The monoisotopic (exact) mass is 779 g/mol. The number of imide groups is 2.